The molecular weight excluding hydrogens is 337 g/mol. The molecule has 1 saturated heterocycles. The van der Waals surface area contributed by atoms with Crippen molar-refractivity contribution >= 4 is 22.5 Å². The third-order valence-corrected chi connectivity index (χ3v) is 5.12. The van der Waals surface area contributed by atoms with Gasteiger partial charge in [0.05, 0.1) is 0 Å². The van der Waals surface area contributed by atoms with Gasteiger partial charge in [-0.3, -0.25) is 9.80 Å². The number of halogens is 2. The van der Waals surface area contributed by atoms with E-state index in [-0.39, 0.29) is 5.82 Å². The summed E-state index contributed by atoms with van der Waals surface area (Å²) < 4.78 is 13.5. The van der Waals surface area contributed by atoms with E-state index >= 15 is 0 Å². The number of nitrogens with one attached hydrogen (secondary N) is 1. The van der Waals surface area contributed by atoms with E-state index in [9.17, 15) is 4.39 Å². The predicted octanol–water partition coefficient (Wildman–Crippen LogP) is 4.28. The van der Waals surface area contributed by atoms with E-state index < -0.39 is 0 Å². The van der Waals surface area contributed by atoms with Crippen LogP contribution in [0.5, 0.6) is 0 Å². The van der Waals surface area contributed by atoms with Crippen molar-refractivity contribution in [3.63, 3.8) is 0 Å². The Morgan fingerprint density at radius 2 is 1.72 bits per heavy atom. The molecule has 3 nitrogen and oxygen atoms in total. The number of nitrogens with zero attached hydrogens (tertiary/aromatic N) is 2. The SMILES string of the molecule is Fc1ccc2[nH]cc(CN3CCN(Cc4cccc(Cl)c4)CC3)c2c1. The highest BCUT2D eigenvalue weighted by Gasteiger charge is 2.18. The molecule has 1 N–H and O–H groups in total. The van der Waals surface area contributed by atoms with Gasteiger partial charge in [0.15, 0.2) is 0 Å². The van der Waals surface area contributed by atoms with Crippen LogP contribution in [0.2, 0.25) is 5.02 Å². The molecule has 0 bridgehead atoms. The fourth-order valence-corrected chi connectivity index (χ4v) is 3.73. The Morgan fingerprint density at radius 3 is 2.48 bits per heavy atom. The van der Waals surface area contributed by atoms with Crippen molar-refractivity contribution in [1.29, 1.82) is 0 Å². The van der Waals surface area contributed by atoms with Crippen LogP contribution >= 0.6 is 11.6 Å². The van der Waals surface area contributed by atoms with Crippen molar-refractivity contribution in [2.75, 3.05) is 26.2 Å². The van der Waals surface area contributed by atoms with Crippen LogP contribution in [0.25, 0.3) is 10.9 Å². The van der Waals surface area contributed by atoms with Gasteiger partial charge in [-0.2, -0.15) is 0 Å². The molecule has 2 aromatic carbocycles. The number of hydrogen-bond donors (Lipinski definition) is 1. The summed E-state index contributed by atoms with van der Waals surface area (Å²) in [5.41, 5.74) is 3.42. The van der Waals surface area contributed by atoms with Gasteiger partial charge in [-0.25, -0.2) is 4.39 Å². The lowest BCUT2D eigenvalue weighted by atomic mass is 10.1. The minimum Gasteiger partial charge on any atom is -0.361 e. The summed E-state index contributed by atoms with van der Waals surface area (Å²) in [6.45, 7) is 5.89. The van der Waals surface area contributed by atoms with E-state index in [4.69, 9.17) is 11.6 Å². The number of hydrogen-bond acceptors (Lipinski definition) is 2. The summed E-state index contributed by atoms with van der Waals surface area (Å²) in [6.07, 6.45) is 2.00. The van der Waals surface area contributed by atoms with Gasteiger partial charge in [0.1, 0.15) is 5.82 Å². The van der Waals surface area contributed by atoms with Crippen molar-refractivity contribution in [2.45, 2.75) is 13.1 Å². The fourth-order valence-electron chi connectivity index (χ4n) is 3.52. The molecular formula is C20H21ClFN3. The summed E-state index contributed by atoms with van der Waals surface area (Å²) in [5.74, 6) is -0.181. The normalized spacial score (nSPS) is 16.6. The second-order valence-corrected chi connectivity index (χ2v) is 7.12. The molecule has 0 saturated carbocycles. The second kappa shape index (κ2) is 7.16. The number of piperazine rings is 1. The molecule has 0 spiro atoms. The topological polar surface area (TPSA) is 22.3 Å². The van der Waals surface area contributed by atoms with Crippen molar-refractivity contribution in [3.8, 4) is 0 Å². The van der Waals surface area contributed by atoms with Crippen molar-refractivity contribution < 1.29 is 4.39 Å². The van der Waals surface area contributed by atoms with Crippen molar-refractivity contribution in [3.05, 3.63) is 70.6 Å². The van der Waals surface area contributed by atoms with E-state index in [2.05, 4.69) is 20.9 Å². The molecule has 130 valence electrons. The molecule has 1 aliphatic rings. The average Bonchev–Trinajstić information content (AvgIpc) is 2.99. The van der Waals surface area contributed by atoms with Gasteiger partial charge < -0.3 is 4.98 Å². The molecule has 1 aromatic heterocycles. The van der Waals surface area contributed by atoms with Crippen LogP contribution in [-0.4, -0.2) is 41.0 Å². The molecule has 0 atom stereocenters. The summed E-state index contributed by atoms with van der Waals surface area (Å²) in [4.78, 5) is 8.12. The Bertz CT molecular complexity index is 868. The second-order valence-electron chi connectivity index (χ2n) is 6.69. The Balaban J connectivity index is 1.36. The Morgan fingerprint density at radius 1 is 0.960 bits per heavy atom. The monoisotopic (exact) mass is 357 g/mol. The molecule has 0 aliphatic carbocycles. The van der Waals surface area contributed by atoms with Crippen LogP contribution < -0.4 is 0 Å². The van der Waals surface area contributed by atoms with Crippen LogP contribution in [0.15, 0.2) is 48.7 Å². The zero-order chi connectivity index (χ0) is 17.2. The minimum atomic E-state index is -0.181. The van der Waals surface area contributed by atoms with Gasteiger partial charge in [0, 0.05) is 61.4 Å². The number of aromatic amines is 1. The van der Waals surface area contributed by atoms with Crippen LogP contribution in [-0.2, 0) is 13.1 Å². The highest BCUT2D eigenvalue weighted by atomic mass is 35.5. The largest absolute Gasteiger partial charge is 0.361 e. The van der Waals surface area contributed by atoms with Gasteiger partial charge in [-0.05, 0) is 41.5 Å². The molecule has 2 heterocycles. The lowest BCUT2D eigenvalue weighted by Crippen LogP contribution is -2.45. The molecule has 25 heavy (non-hydrogen) atoms. The molecule has 0 amide bonds. The zero-order valence-corrected chi connectivity index (χ0v) is 14.8. The number of H-pyrrole nitrogens is 1. The predicted molar refractivity (Wildman–Crippen MR) is 100 cm³/mol. The average molecular weight is 358 g/mol. The number of rotatable bonds is 4. The highest BCUT2D eigenvalue weighted by molar-refractivity contribution is 6.30. The Hall–Kier alpha value is -1.88. The minimum absolute atomic E-state index is 0.181. The quantitative estimate of drug-likeness (QED) is 0.753. The number of fused-ring (bicyclic) bond motifs is 1. The smallest absolute Gasteiger partial charge is 0.123 e. The summed E-state index contributed by atoms with van der Waals surface area (Å²) in [7, 11) is 0. The lowest BCUT2D eigenvalue weighted by molar-refractivity contribution is 0.122. The third-order valence-electron chi connectivity index (χ3n) is 4.88. The van der Waals surface area contributed by atoms with E-state index in [0.717, 1.165) is 60.8 Å². The van der Waals surface area contributed by atoms with Crippen molar-refractivity contribution in [2.24, 2.45) is 0 Å². The van der Waals surface area contributed by atoms with Crippen LogP contribution in [0.1, 0.15) is 11.1 Å². The van der Waals surface area contributed by atoms with Crippen LogP contribution in [0.3, 0.4) is 0 Å². The molecule has 3 aromatic rings. The highest BCUT2D eigenvalue weighted by Crippen LogP contribution is 2.22. The maximum absolute atomic E-state index is 13.5. The molecule has 1 fully saturated rings. The van der Waals surface area contributed by atoms with Gasteiger partial charge >= 0.3 is 0 Å². The molecule has 5 heteroatoms. The first kappa shape index (κ1) is 16.6. The van der Waals surface area contributed by atoms with E-state index in [1.807, 2.05) is 24.4 Å². The van der Waals surface area contributed by atoms with Gasteiger partial charge in [-0.15, -0.1) is 0 Å². The number of aromatic nitrogens is 1. The summed E-state index contributed by atoms with van der Waals surface area (Å²) in [6, 6.07) is 13.0. The van der Waals surface area contributed by atoms with E-state index in [0.29, 0.717) is 0 Å². The first-order chi connectivity index (χ1) is 12.2. The zero-order valence-electron chi connectivity index (χ0n) is 14.0. The summed E-state index contributed by atoms with van der Waals surface area (Å²) >= 11 is 6.07. The molecule has 1 aliphatic heterocycles. The molecule has 4 rings (SSSR count). The van der Waals surface area contributed by atoms with Gasteiger partial charge in [0.2, 0.25) is 0 Å². The van der Waals surface area contributed by atoms with Crippen molar-refractivity contribution in [1.82, 2.24) is 14.8 Å². The maximum Gasteiger partial charge on any atom is 0.123 e. The maximum atomic E-state index is 13.5. The molecule has 0 unspecified atom stereocenters. The van der Waals surface area contributed by atoms with E-state index in [1.165, 1.54) is 11.6 Å². The Kier molecular flexibility index (Phi) is 4.75. The lowest BCUT2D eigenvalue weighted by Gasteiger charge is -2.34. The standard InChI is InChI=1S/C20H21ClFN3/c21-17-3-1-2-15(10-17)13-24-6-8-25(9-7-24)14-16-12-23-20-5-4-18(22)11-19(16)20/h1-5,10-12,23H,6-9,13-14H2. The van der Waals surface area contributed by atoms with Crippen LogP contribution in [0.4, 0.5) is 4.39 Å². The van der Waals surface area contributed by atoms with Gasteiger partial charge in [0.25, 0.3) is 0 Å². The first-order valence-corrected chi connectivity index (χ1v) is 9.00. The first-order valence-electron chi connectivity index (χ1n) is 8.62. The fraction of sp³-hybridized carbons (Fsp3) is 0.300. The third kappa shape index (κ3) is 3.87. The van der Waals surface area contributed by atoms with E-state index in [1.54, 1.807) is 12.1 Å². The number of benzene rings is 2. The molecule has 0 radical (unpaired) electrons. The van der Waals surface area contributed by atoms with Gasteiger partial charge in [-0.1, -0.05) is 23.7 Å². The summed E-state index contributed by atoms with van der Waals surface area (Å²) in [5, 5.41) is 1.78. The Labute approximate surface area is 152 Å². The van der Waals surface area contributed by atoms with Crippen LogP contribution in [0, 0.1) is 5.82 Å².